The van der Waals surface area contributed by atoms with Crippen LogP contribution in [0.4, 0.5) is 0 Å². The van der Waals surface area contributed by atoms with Crippen molar-refractivity contribution in [3.63, 3.8) is 0 Å². The van der Waals surface area contributed by atoms with Crippen molar-refractivity contribution in [3.05, 3.63) is 16.1 Å². The summed E-state index contributed by atoms with van der Waals surface area (Å²) in [6.07, 6.45) is 0.762. The quantitative estimate of drug-likeness (QED) is 0.733. The smallest absolute Gasteiger partial charge is 0.270 e. The lowest BCUT2D eigenvalue weighted by atomic mass is 10.3. The number of hydrogen-bond acceptors (Lipinski definition) is 4. The maximum absolute atomic E-state index is 11.1. The van der Waals surface area contributed by atoms with E-state index >= 15 is 0 Å². The average molecular weight is 213 g/mol. The first-order chi connectivity index (χ1) is 6.63. The van der Waals surface area contributed by atoms with Crippen LogP contribution in [-0.2, 0) is 11.2 Å². The highest BCUT2D eigenvalue weighted by Crippen LogP contribution is 2.11. The zero-order valence-electron chi connectivity index (χ0n) is 7.74. The highest BCUT2D eigenvalue weighted by atomic mass is 32.1. The van der Waals surface area contributed by atoms with Gasteiger partial charge in [0.1, 0.15) is 5.69 Å². The Morgan fingerprint density at radius 2 is 2.36 bits per heavy atom. The lowest BCUT2D eigenvalue weighted by Gasteiger charge is -1.93. The summed E-state index contributed by atoms with van der Waals surface area (Å²) in [5, 5.41) is 4.89. The fourth-order valence-electron chi connectivity index (χ4n) is 0.888. The van der Waals surface area contributed by atoms with Crippen LogP contribution in [0.3, 0.4) is 0 Å². The summed E-state index contributed by atoms with van der Waals surface area (Å²) in [6, 6.07) is 0. The summed E-state index contributed by atoms with van der Waals surface area (Å²) in [4.78, 5) is 25.6. The van der Waals surface area contributed by atoms with Gasteiger partial charge in [-0.05, 0) is 0 Å². The first-order valence-electron chi connectivity index (χ1n) is 4.08. The lowest BCUT2D eigenvalue weighted by Crippen LogP contribution is -2.18. The van der Waals surface area contributed by atoms with Crippen LogP contribution in [0.25, 0.3) is 0 Å². The van der Waals surface area contributed by atoms with Crippen molar-refractivity contribution in [2.45, 2.75) is 12.8 Å². The molecule has 0 saturated heterocycles. The van der Waals surface area contributed by atoms with Crippen LogP contribution in [0.15, 0.2) is 5.38 Å². The number of carbonyl (C=O) groups is 2. The van der Waals surface area contributed by atoms with Crippen molar-refractivity contribution >= 4 is 23.2 Å². The molecule has 1 heterocycles. The van der Waals surface area contributed by atoms with Gasteiger partial charge in [0.2, 0.25) is 5.91 Å². The van der Waals surface area contributed by atoms with Gasteiger partial charge in [-0.1, -0.05) is 0 Å². The molecule has 3 N–H and O–H groups in total. The van der Waals surface area contributed by atoms with E-state index in [0.29, 0.717) is 12.1 Å². The van der Waals surface area contributed by atoms with E-state index in [0.717, 1.165) is 5.01 Å². The summed E-state index contributed by atoms with van der Waals surface area (Å²) in [5.74, 6) is -0.576. The molecule has 0 saturated carbocycles. The van der Waals surface area contributed by atoms with Crippen molar-refractivity contribution in [2.24, 2.45) is 5.73 Å². The fourth-order valence-corrected chi connectivity index (χ4v) is 1.67. The topological polar surface area (TPSA) is 85.1 Å². The summed E-state index contributed by atoms with van der Waals surface area (Å²) < 4.78 is 0. The second-order valence-electron chi connectivity index (χ2n) is 2.67. The van der Waals surface area contributed by atoms with Crippen molar-refractivity contribution in [2.75, 3.05) is 7.05 Å². The van der Waals surface area contributed by atoms with Gasteiger partial charge < -0.3 is 11.1 Å². The van der Waals surface area contributed by atoms with Gasteiger partial charge >= 0.3 is 0 Å². The van der Waals surface area contributed by atoms with Crippen LogP contribution in [0.1, 0.15) is 21.9 Å². The zero-order valence-corrected chi connectivity index (χ0v) is 8.56. The van der Waals surface area contributed by atoms with Gasteiger partial charge in [0.15, 0.2) is 0 Å². The van der Waals surface area contributed by atoms with Crippen LogP contribution in [0, 0.1) is 0 Å². The minimum absolute atomic E-state index is 0.216. The standard InChI is InChI=1S/C8H11N3O2S/c1-10-8(13)5-4-14-7(11-5)3-2-6(9)12/h4H,2-3H2,1H3,(H2,9,12)(H,10,13). The maximum Gasteiger partial charge on any atom is 0.270 e. The van der Waals surface area contributed by atoms with E-state index in [2.05, 4.69) is 10.3 Å². The fraction of sp³-hybridized carbons (Fsp3) is 0.375. The number of nitrogens with zero attached hydrogens (tertiary/aromatic N) is 1. The third-order valence-electron chi connectivity index (χ3n) is 1.60. The predicted octanol–water partition coefficient (Wildman–Crippen LogP) is -0.0794. The van der Waals surface area contributed by atoms with Crippen molar-refractivity contribution in [1.29, 1.82) is 0 Å². The largest absolute Gasteiger partial charge is 0.370 e. The maximum atomic E-state index is 11.1. The van der Waals surface area contributed by atoms with Crippen molar-refractivity contribution in [3.8, 4) is 0 Å². The molecular weight excluding hydrogens is 202 g/mol. The van der Waals surface area contributed by atoms with Crippen LogP contribution >= 0.6 is 11.3 Å². The molecule has 1 rings (SSSR count). The number of nitrogens with two attached hydrogens (primary N) is 1. The minimum atomic E-state index is -0.360. The molecule has 0 unspecified atom stereocenters. The number of carbonyl (C=O) groups excluding carboxylic acids is 2. The third kappa shape index (κ3) is 2.81. The van der Waals surface area contributed by atoms with Crippen LogP contribution in [-0.4, -0.2) is 23.8 Å². The summed E-state index contributed by atoms with van der Waals surface area (Å²) in [5.41, 5.74) is 5.38. The van der Waals surface area contributed by atoms with Gasteiger partial charge in [0, 0.05) is 25.3 Å². The normalized spacial score (nSPS) is 9.79. The van der Waals surface area contributed by atoms with Crippen molar-refractivity contribution in [1.82, 2.24) is 10.3 Å². The number of primary amides is 1. The van der Waals surface area contributed by atoms with Crippen LogP contribution in [0.2, 0.25) is 0 Å². The SMILES string of the molecule is CNC(=O)c1csc(CCC(N)=O)n1. The van der Waals surface area contributed by atoms with Gasteiger partial charge in [-0.2, -0.15) is 0 Å². The molecule has 0 atom stereocenters. The molecule has 76 valence electrons. The number of hydrogen-bond donors (Lipinski definition) is 2. The highest BCUT2D eigenvalue weighted by Gasteiger charge is 2.08. The molecular formula is C8H11N3O2S. The second-order valence-corrected chi connectivity index (χ2v) is 3.61. The van der Waals surface area contributed by atoms with E-state index in [1.165, 1.54) is 11.3 Å². The van der Waals surface area contributed by atoms with Gasteiger partial charge in [-0.3, -0.25) is 9.59 Å². The molecule has 0 aliphatic carbocycles. The molecule has 2 amide bonds. The first-order valence-corrected chi connectivity index (χ1v) is 4.96. The van der Waals surface area contributed by atoms with Crippen LogP contribution in [0.5, 0.6) is 0 Å². The van der Waals surface area contributed by atoms with Gasteiger partial charge in [-0.25, -0.2) is 4.98 Å². The molecule has 14 heavy (non-hydrogen) atoms. The molecule has 1 aromatic heterocycles. The Labute approximate surface area is 85.3 Å². The molecule has 6 heteroatoms. The van der Waals surface area contributed by atoms with Crippen LogP contribution < -0.4 is 11.1 Å². The number of rotatable bonds is 4. The Morgan fingerprint density at radius 1 is 1.64 bits per heavy atom. The molecule has 0 aliphatic rings. The molecule has 0 spiro atoms. The highest BCUT2D eigenvalue weighted by molar-refractivity contribution is 7.09. The number of aromatic nitrogens is 1. The minimum Gasteiger partial charge on any atom is -0.370 e. The second kappa shape index (κ2) is 4.71. The summed E-state index contributed by atoms with van der Waals surface area (Å²) in [6.45, 7) is 0. The monoisotopic (exact) mass is 213 g/mol. The van der Waals surface area contributed by atoms with E-state index < -0.39 is 0 Å². The first kappa shape index (κ1) is 10.6. The Balaban J connectivity index is 2.59. The van der Waals surface area contributed by atoms with Gasteiger partial charge in [0.25, 0.3) is 5.91 Å². The van der Waals surface area contributed by atoms with E-state index in [9.17, 15) is 9.59 Å². The predicted molar refractivity (Wildman–Crippen MR) is 53.0 cm³/mol. The zero-order chi connectivity index (χ0) is 10.6. The molecule has 0 bridgehead atoms. The summed E-state index contributed by atoms with van der Waals surface area (Å²) in [7, 11) is 1.55. The van der Waals surface area contributed by atoms with Crippen molar-refractivity contribution < 1.29 is 9.59 Å². The number of nitrogens with one attached hydrogen (secondary N) is 1. The Hall–Kier alpha value is -1.43. The molecule has 0 aromatic carbocycles. The number of amides is 2. The van der Waals surface area contributed by atoms with Gasteiger partial charge in [-0.15, -0.1) is 11.3 Å². The molecule has 0 radical (unpaired) electrons. The Kier molecular flexibility index (Phi) is 3.58. The molecule has 1 aromatic rings. The van der Waals surface area contributed by atoms with E-state index in [4.69, 9.17) is 5.73 Å². The van der Waals surface area contributed by atoms with E-state index in [-0.39, 0.29) is 18.2 Å². The summed E-state index contributed by atoms with van der Waals surface area (Å²) >= 11 is 1.36. The van der Waals surface area contributed by atoms with Gasteiger partial charge in [0.05, 0.1) is 5.01 Å². The Morgan fingerprint density at radius 3 is 2.93 bits per heavy atom. The average Bonchev–Trinajstić information content (AvgIpc) is 2.62. The number of thiazole rings is 1. The molecule has 0 aliphatic heterocycles. The number of aryl methyl sites for hydroxylation is 1. The molecule has 0 fully saturated rings. The molecule has 5 nitrogen and oxygen atoms in total. The third-order valence-corrected chi connectivity index (χ3v) is 2.51. The van der Waals surface area contributed by atoms with E-state index in [1.54, 1.807) is 12.4 Å². The lowest BCUT2D eigenvalue weighted by molar-refractivity contribution is -0.117. The van der Waals surface area contributed by atoms with E-state index in [1.807, 2.05) is 0 Å². The Bertz CT molecular complexity index is 348.